The van der Waals surface area contributed by atoms with Crippen LogP contribution in [0.1, 0.15) is 27.7 Å². The Kier molecular flexibility index (Phi) is 6.35. The van der Waals surface area contributed by atoms with E-state index in [0.717, 1.165) is 0 Å². The van der Waals surface area contributed by atoms with Gasteiger partial charge >= 0.3 is 5.97 Å². The van der Waals surface area contributed by atoms with E-state index in [0.29, 0.717) is 6.42 Å². The number of hydrogen-bond donors (Lipinski definition) is 2. The molecule has 0 rings (SSSR count). The van der Waals surface area contributed by atoms with E-state index in [1.54, 1.807) is 0 Å². The van der Waals surface area contributed by atoms with Gasteiger partial charge in [-0.05, 0) is 12.3 Å². The Morgan fingerprint density at radius 3 is 2.00 bits per heavy atom. The van der Waals surface area contributed by atoms with Crippen LogP contribution in [0.5, 0.6) is 0 Å². The molecule has 3 nitrogen and oxygen atoms in total. The summed E-state index contributed by atoms with van der Waals surface area (Å²) in [5.41, 5.74) is 0. The molecule has 0 heterocycles. The average Bonchev–Trinajstić information content (AvgIpc) is 1.63. The number of carboxylic acids is 1. The molecule has 0 aliphatic carbocycles. The highest BCUT2D eigenvalue weighted by Crippen LogP contribution is 2.03. The van der Waals surface area contributed by atoms with Crippen LogP contribution in [-0.2, 0) is 4.79 Å². The third-order valence-corrected chi connectivity index (χ3v) is 0.980. The molecule has 0 bridgehead atoms. The van der Waals surface area contributed by atoms with E-state index in [2.05, 4.69) is 0 Å². The van der Waals surface area contributed by atoms with Crippen molar-refractivity contribution in [1.82, 2.24) is 0 Å². The van der Waals surface area contributed by atoms with E-state index in [-0.39, 0.29) is 13.3 Å². The highest BCUT2D eigenvalue weighted by molar-refractivity contribution is 5.71. The summed E-state index contributed by atoms with van der Waals surface area (Å²) < 4.78 is 0. The van der Waals surface area contributed by atoms with Crippen molar-refractivity contribution in [2.45, 2.75) is 33.8 Å². The Bertz CT molecular complexity index is 99.0. The van der Waals surface area contributed by atoms with E-state index in [4.69, 9.17) is 10.2 Å². The molecule has 0 saturated heterocycles. The molecule has 0 saturated carbocycles. The Balaban J connectivity index is 0. The van der Waals surface area contributed by atoms with Gasteiger partial charge in [0.2, 0.25) is 0 Å². The maximum Gasteiger partial charge on any atom is 0.332 e. The zero-order valence-electron chi connectivity index (χ0n) is 5.66. The molecule has 0 aliphatic rings. The predicted octanol–water partition coefficient (Wildman–Crippen LogP) is 1.11. The van der Waals surface area contributed by atoms with Crippen molar-refractivity contribution < 1.29 is 15.0 Å². The third-order valence-electron chi connectivity index (χ3n) is 0.980. The van der Waals surface area contributed by atoms with Crippen LogP contribution in [0.2, 0.25) is 0 Å². The number of aliphatic carboxylic acids is 1. The normalized spacial score (nSPS) is 12.4. The Morgan fingerprint density at radius 1 is 1.50 bits per heavy atom. The topological polar surface area (TPSA) is 57.5 Å². The number of hydrogen-bond acceptors (Lipinski definition) is 2. The first-order valence-corrected chi connectivity index (χ1v) is 2.95. The Labute approximate surface area is 61.7 Å². The van der Waals surface area contributed by atoms with Crippen LogP contribution in [0.4, 0.5) is 0 Å². The monoisotopic (exact) mass is 148 g/mol. The first-order chi connectivity index (χ1) is 4.04. The van der Waals surface area contributed by atoms with Crippen molar-refractivity contribution in [3.05, 3.63) is 0 Å². The second-order valence-electron chi connectivity index (χ2n) is 2.48. The summed E-state index contributed by atoms with van der Waals surface area (Å²) in [4.78, 5) is 9.98. The highest BCUT2D eigenvalue weighted by atomic mass is 16.4. The van der Waals surface area contributed by atoms with Gasteiger partial charge in [-0.25, -0.2) is 4.79 Å². The average molecular weight is 148 g/mol. The maximum absolute atomic E-state index is 9.98. The first-order valence-electron chi connectivity index (χ1n) is 2.95. The molecule has 0 aromatic carbocycles. The lowest BCUT2D eigenvalue weighted by molar-refractivity contribution is -0.147. The standard InChI is InChI=1S/C6H12O3.CH4/c1-4(2)3-5(7)6(8)9;/h4-5,7H,3H2,1-2H3,(H,8,9);1H4. The molecule has 0 aromatic heterocycles. The summed E-state index contributed by atoms with van der Waals surface area (Å²) in [5.74, 6) is -0.903. The van der Waals surface area contributed by atoms with Crippen molar-refractivity contribution in [3.8, 4) is 0 Å². The van der Waals surface area contributed by atoms with Gasteiger partial charge in [0.25, 0.3) is 0 Å². The molecule has 0 aliphatic heterocycles. The van der Waals surface area contributed by atoms with E-state index >= 15 is 0 Å². The van der Waals surface area contributed by atoms with E-state index in [1.165, 1.54) is 0 Å². The Hall–Kier alpha value is -0.570. The molecule has 0 amide bonds. The van der Waals surface area contributed by atoms with Gasteiger partial charge in [-0.1, -0.05) is 21.3 Å². The summed E-state index contributed by atoms with van der Waals surface area (Å²) in [5, 5.41) is 16.9. The van der Waals surface area contributed by atoms with Crippen molar-refractivity contribution in [2.75, 3.05) is 0 Å². The molecule has 0 fully saturated rings. The van der Waals surface area contributed by atoms with Crippen LogP contribution in [0.25, 0.3) is 0 Å². The molecular weight excluding hydrogens is 132 g/mol. The number of aliphatic hydroxyl groups is 1. The molecule has 62 valence electrons. The second-order valence-corrected chi connectivity index (χ2v) is 2.48. The third kappa shape index (κ3) is 5.56. The SMILES string of the molecule is C.CC(C)CC(O)C(=O)O. The zero-order valence-corrected chi connectivity index (χ0v) is 5.66. The van der Waals surface area contributed by atoms with Gasteiger partial charge < -0.3 is 10.2 Å². The van der Waals surface area contributed by atoms with E-state index in [1.807, 2.05) is 13.8 Å². The molecule has 1 unspecified atom stereocenters. The van der Waals surface area contributed by atoms with Crippen LogP contribution in [0, 0.1) is 5.92 Å². The molecular formula is C7H16O3. The zero-order chi connectivity index (χ0) is 7.44. The maximum atomic E-state index is 9.98. The van der Waals surface area contributed by atoms with Crippen LogP contribution < -0.4 is 0 Å². The van der Waals surface area contributed by atoms with Gasteiger partial charge in [0.1, 0.15) is 0 Å². The fourth-order valence-corrected chi connectivity index (χ4v) is 0.547. The minimum atomic E-state index is -1.19. The minimum Gasteiger partial charge on any atom is -0.479 e. The van der Waals surface area contributed by atoms with Crippen LogP contribution in [-0.4, -0.2) is 22.3 Å². The second kappa shape index (κ2) is 5.23. The van der Waals surface area contributed by atoms with E-state index < -0.39 is 12.1 Å². The summed E-state index contributed by atoms with van der Waals surface area (Å²) in [6.07, 6.45) is -0.861. The number of aliphatic hydroxyl groups excluding tert-OH is 1. The molecule has 0 aromatic rings. The summed E-state index contributed by atoms with van der Waals surface area (Å²) in [7, 11) is 0. The van der Waals surface area contributed by atoms with Crippen molar-refractivity contribution >= 4 is 5.97 Å². The lowest BCUT2D eigenvalue weighted by atomic mass is 10.1. The smallest absolute Gasteiger partial charge is 0.332 e. The summed E-state index contributed by atoms with van der Waals surface area (Å²) in [6.45, 7) is 3.73. The number of carboxylic acid groups (broad SMARTS) is 1. The lowest BCUT2D eigenvalue weighted by Crippen LogP contribution is -2.21. The quantitative estimate of drug-likeness (QED) is 0.630. The molecule has 0 radical (unpaired) electrons. The van der Waals surface area contributed by atoms with Crippen LogP contribution in [0.3, 0.4) is 0 Å². The van der Waals surface area contributed by atoms with Gasteiger partial charge in [-0.3, -0.25) is 0 Å². The minimum absolute atomic E-state index is 0. The molecule has 0 spiro atoms. The molecule has 1 atom stereocenters. The van der Waals surface area contributed by atoms with Gasteiger partial charge in [0, 0.05) is 0 Å². The fraction of sp³-hybridized carbons (Fsp3) is 0.857. The predicted molar refractivity (Wildman–Crippen MR) is 39.8 cm³/mol. The van der Waals surface area contributed by atoms with Gasteiger partial charge in [0.05, 0.1) is 0 Å². The van der Waals surface area contributed by atoms with E-state index in [9.17, 15) is 4.79 Å². The van der Waals surface area contributed by atoms with Gasteiger partial charge in [-0.15, -0.1) is 0 Å². The summed E-state index contributed by atoms with van der Waals surface area (Å²) >= 11 is 0. The summed E-state index contributed by atoms with van der Waals surface area (Å²) in [6, 6.07) is 0. The van der Waals surface area contributed by atoms with Gasteiger partial charge in [0.15, 0.2) is 6.10 Å². The highest BCUT2D eigenvalue weighted by Gasteiger charge is 2.13. The number of carbonyl (C=O) groups is 1. The number of rotatable bonds is 3. The molecule has 10 heavy (non-hydrogen) atoms. The Morgan fingerprint density at radius 2 is 1.90 bits per heavy atom. The van der Waals surface area contributed by atoms with Crippen molar-refractivity contribution in [1.29, 1.82) is 0 Å². The molecule has 3 heteroatoms. The van der Waals surface area contributed by atoms with Crippen LogP contribution >= 0.6 is 0 Å². The lowest BCUT2D eigenvalue weighted by Gasteiger charge is -2.06. The molecule has 2 N–H and O–H groups in total. The van der Waals surface area contributed by atoms with Crippen LogP contribution in [0.15, 0.2) is 0 Å². The first kappa shape index (κ1) is 12.1. The largest absolute Gasteiger partial charge is 0.479 e. The fourth-order valence-electron chi connectivity index (χ4n) is 0.547. The van der Waals surface area contributed by atoms with Gasteiger partial charge in [-0.2, -0.15) is 0 Å². The van der Waals surface area contributed by atoms with Crippen molar-refractivity contribution in [2.24, 2.45) is 5.92 Å². The van der Waals surface area contributed by atoms with Crippen molar-refractivity contribution in [3.63, 3.8) is 0 Å².